The largest absolute Gasteiger partial charge is 0.325 e. The summed E-state index contributed by atoms with van der Waals surface area (Å²) in [6.45, 7) is 1.55. The first kappa shape index (κ1) is 15.7. The lowest BCUT2D eigenvalue weighted by Gasteiger charge is -2.22. The van der Waals surface area contributed by atoms with Crippen molar-refractivity contribution in [3.63, 3.8) is 0 Å². The summed E-state index contributed by atoms with van der Waals surface area (Å²) in [4.78, 5) is 26.0. The number of rotatable bonds is 3. The fourth-order valence-corrected chi connectivity index (χ4v) is 3.03. The van der Waals surface area contributed by atoms with E-state index in [2.05, 4.69) is 21.2 Å². The molecule has 1 atom stereocenters. The van der Waals surface area contributed by atoms with Gasteiger partial charge in [0.15, 0.2) is 0 Å². The molecule has 0 bridgehead atoms. The number of carbonyl (C=O) groups is 2. The first-order valence-electron chi connectivity index (χ1n) is 7.05. The third-order valence-corrected chi connectivity index (χ3v) is 4.46. The van der Waals surface area contributed by atoms with Gasteiger partial charge in [-0.1, -0.05) is 46.3 Å². The second-order valence-corrected chi connectivity index (χ2v) is 6.46. The first-order chi connectivity index (χ1) is 10.9. The molecule has 118 valence electrons. The van der Waals surface area contributed by atoms with E-state index in [0.29, 0.717) is 11.1 Å². The average Bonchev–Trinajstić information content (AvgIpc) is 2.74. The Morgan fingerprint density at radius 1 is 1.17 bits per heavy atom. The van der Waals surface area contributed by atoms with Gasteiger partial charge in [0.2, 0.25) is 0 Å². The number of benzene rings is 2. The molecular formula is C17H14BrFN2O2. The van der Waals surface area contributed by atoms with E-state index in [1.807, 2.05) is 6.07 Å². The standard InChI is InChI=1S/C17H14BrFN2O2/c1-17(12-6-4-7-13(18)9-12)15(22)21(16(23)20-17)10-11-5-2-3-8-14(11)19/h2-9H,10H2,1H3,(H,20,23)/t17-/m0/s1. The zero-order valence-corrected chi connectivity index (χ0v) is 13.9. The Hall–Kier alpha value is -2.21. The summed E-state index contributed by atoms with van der Waals surface area (Å²) in [5.41, 5.74) is -0.192. The second-order valence-electron chi connectivity index (χ2n) is 5.55. The fraction of sp³-hybridized carbons (Fsp3) is 0.176. The predicted octanol–water partition coefficient (Wildman–Crippen LogP) is 3.56. The Balaban J connectivity index is 1.92. The lowest BCUT2D eigenvalue weighted by atomic mass is 9.92. The van der Waals surface area contributed by atoms with Crippen LogP contribution in [0.2, 0.25) is 0 Å². The zero-order chi connectivity index (χ0) is 16.6. The summed E-state index contributed by atoms with van der Waals surface area (Å²) in [6, 6.07) is 12.8. The monoisotopic (exact) mass is 376 g/mol. The Labute approximate surface area is 141 Å². The second kappa shape index (κ2) is 5.77. The van der Waals surface area contributed by atoms with E-state index in [9.17, 15) is 14.0 Å². The molecule has 1 N–H and O–H groups in total. The zero-order valence-electron chi connectivity index (χ0n) is 12.3. The molecule has 1 saturated heterocycles. The van der Waals surface area contributed by atoms with Crippen LogP contribution in [-0.2, 0) is 16.9 Å². The molecule has 1 heterocycles. The number of urea groups is 1. The maximum Gasteiger partial charge on any atom is 0.325 e. The quantitative estimate of drug-likeness (QED) is 0.832. The number of nitrogens with zero attached hydrogens (tertiary/aromatic N) is 1. The van der Waals surface area contributed by atoms with Crippen LogP contribution < -0.4 is 5.32 Å². The SMILES string of the molecule is C[C@@]1(c2cccc(Br)c2)NC(=O)N(Cc2ccccc2F)C1=O. The van der Waals surface area contributed by atoms with Crippen molar-refractivity contribution < 1.29 is 14.0 Å². The van der Waals surface area contributed by atoms with Gasteiger partial charge in [0.25, 0.3) is 5.91 Å². The van der Waals surface area contributed by atoms with E-state index in [-0.39, 0.29) is 6.54 Å². The molecule has 2 aromatic rings. The Morgan fingerprint density at radius 2 is 1.91 bits per heavy atom. The molecule has 0 radical (unpaired) electrons. The number of imide groups is 1. The number of hydrogen-bond donors (Lipinski definition) is 1. The molecule has 0 aliphatic carbocycles. The van der Waals surface area contributed by atoms with Gasteiger partial charge in [-0.05, 0) is 30.7 Å². The van der Waals surface area contributed by atoms with Gasteiger partial charge in [0, 0.05) is 10.0 Å². The van der Waals surface area contributed by atoms with Crippen LogP contribution in [0.4, 0.5) is 9.18 Å². The molecule has 1 fully saturated rings. The topological polar surface area (TPSA) is 49.4 Å². The molecule has 1 aliphatic heterocycles. The van der Waals surface area contributed by atoms with Crippen LogP contribution >= 0.6 is 15.9 Å². The maximum atomic E-state index is 13.8. The van der Waals surface area contributed by atoms with Crippen LogP contribution in [0.15, 0.2) is 53.0 Å². The highest BCUT2D eigenvalue weighted by Gasteiger charge is 2.49. The highest BCUT2D eigenvalue weighted by molar-refractivity contribution is 9.10. The molecule has 23 heavy (non-hydrogen) atoms. The normalized spacial score (nSPS) is 20.7. The summed E-state index contributed by atoms with van der Waals surface area (Å²) in [5.74, 6) is -0.840. The van der Waals surface area contributed by atoms with Crippen LogP contribution in [0.3, 0.4) is 0 Å². The fourth-order valence-electron chi connectivity index (χ4n) is 2.63. The third kappa shape index (κ3) is 2.74. The molecular weight excluding hydrogens is 363 g/mol. The minimum atomic E-state index is -1.16. The number of carbonyl (C=O) groups excluding carboxylic acids is 2. The summed E-state index contributed by atoms with van der Waals surface area (Å²) < 4.78 is 14.6. The van der Waals surface area contributed by atoms with Gasteiger partial charge in [-0.25, -0.2) is 9.18 Å². The van der Waals surface area contributed by atoms with Crippen LogP contribution in [0.25, 0.3) is 0 Å². The molecule has 2 aromatic carbocycles. The van der Waals surface area contributed by atoms with E-state index in [1.54, 1.807) is 43.3 Å². The molecule has 4 nitrogen and oxygen atoms in total. The van der Waals surface area contributed by atoms with E-state index in [0.717, 1.165) is 9.37 Å². The number of amides is 3. The summed E-state index contributed by atoms with van der Waals surface area (Å²) in [6.07, 6.45) is 0. The Kier molecular flexibility index (Phi) is 3.93. The van der Waals surface area contributed by atoms with Crippen LogP contribution in [0, 0.1) is 5.82 Å². The van der Waals surface area contributed by atoms with Crippen molar-refractivity contribution in [2.45, 2.75) is 19.0 Å². The molecule has 0 unspecified atom stereocenters. The lowest BCUT2D eigenvalue weighted by molar-refractivity contribution is -0.131. The predicted molar refractivity (Wildman–Crippen MR) is 87.0 cm³/mol. The minimum Gasteiger partial charge on any atom is -0.319 e. The van der Waals surface area contributed by atoms with Gasteiger partial charge >= 0.3 is 6.03 Å². The molecule has 0 saturated carbocycles. The minimum absolute atomic E-state index is 0.0963. The third-order valence-electron chi connectivity index (χ3n) is 3.96. The number of hydrogen-bond acceptors (Lipinski definition) is 2. The van der Waals surface area contributed by atoms with Gasteiger partial charge in [0.1, 0.15) is 11.4 Å². The molecule has 1 aliphatic rings. The molecule has 6 heteroatoms. The van der Waals surface area contributed by atoms with Crippen molar-refractivity contribution in [3.05, 3.63) is 69.9 Å². The van der Waals surface area contributed by atoms with Crippen molar-refractivity contribution in [3.8, 4) is 0 Å². The molecule has 3 rings (SSSR count). The first-order valence-corrected chi connectivity index (χ1v) is 7.84. The molecule has 3 amide bonds. The van der Waals surface area contributed by atoms with Crippen LogP contribution in [-0.4, -0.2) is 16.8 Å². The van der Waals surface area contributed by atoms with Gasteiger partial charge < -0.3 is 5.32 Å². The summed E-state index contributed by atoms with van der Waals surface area (Å²) in [7, 11) is 0. The highest BCUT2D eigenvalue weighted by atomic mass is 79.9. The smallest absolute Gasteiger partial charge is 0.319 e. The van der Waals surface area contributed by atoms with Crippen molar-refractivity contribution in [1.29, 1.82) is 0 Å². The van der Waals surface area contributed by atoms with Crippen molar-refractivity contribution in [2.75, 3.05) is 0 Å². The van der Waals surface area contributed by atoms with Gasteiger partial charge in [0.05, 0.1) is 6.54 Å². The van der Waals surface area contributed by atoms with Crippen LogP contribution in [0.5, 0.6) is 0 Å². The lowest BCUT2D eigenvalue weighted by Crippen LogP contribution is -2.40. The number of nitrogens with one attached hydrogen (secondary N) is 1. The highest BCUT2D eigenvalue weighted by Crippen LogP contribution is 2.31. The van der Waals surface area contributed by atoms with E-state index in [1.165, 1.54) is 6.07 Å². The average molecular weight is 377 g/mol. The van der Waals surface area contributed by atoms with E-state index < -0.39 is 23.3 Å². The summed E-state index contributed by atoms with van der Waals surface area (Å²) >= 11 is 3.36. The van der Waals surface area contributed by atoms with Gasteiger partial charge in [-0.15, -0.1) is 0 Å². The molecule has 0 spiro atoms. The van der Waals surface area contributed by atoms with Crippen molar-refractivity contribution in [2.24, 2.45) is 0 Å². The van der Waals surface area contributed by atoms with E-state index >= 15 is 0 Å². The van der Waals surface area contributed by atoms with Crippen molar-refractivity contribution in [1.82, 2.24) is 10.2 Å². The Bertz CT molecular complexity index is 796. The number of halogens is 2. The van der Waals surface area contributed by atoms with Crippen LogP contribution in [0.1, 0.15) is 18.1 Å². The van der Waals surface area contributed by atoms with Crippen molar-refractivity contribution >= 4 is 27.9 Å². The van der Waals surface area contributed by atoms with E-state index in [4.69, 9.17) is 0 Å². The summed E-state index contributed by atoms with van der Waals surface area (Å²) in [5, 5.41) is 2.71. The molecule has 0 aromatic heterocycles. The van der Waals surface area contributed by atoms with Gasteiger partial charge in [-0.2, -0.15) is 0 Å². The van der Waals surface area contributed by atoms with Gasteiger partial charge in [-0.3, -0.25) is 9.69 Å². The Morgan fingerprint density at radius 3 is 2.61 bits per heavy atom. The maximum absolute atomic E-state index is 13.8.